The summed E-state index contributed by atoms with van der Waals surface area (Å²) in [4.78, 5) is 54.3. The third-order valence-corrected chi connectivity index (χ3v) is 8.22. The van der Waals surface area contributed by atoms with Gasteiger partial charge in [0.2, 0.25) is 0 Å². The molecule has 2 fully saturated rings. The number of aryl methyl sites for hydroxylation is 1. The molecule has 3 N–H and O–H groups in total. The number of nitrogens with one attached hydrogen (secondary N) is 1. The second kappa shape index (κ2) is 11.6. The largest absolute Gasteiger partial charge is 0.367 e. The quantitative estimate of drug-likeness (QED) is 0.409. The molecule has 0 bridgehead atoms. The number of hydrogen-bond acceptors (Lipinski definition) is 6. The Hall–Kier alpha value is -4.14. The summed E-state index contributed by atoms with van der Waals surface area (Å²) in [6.07, 6.45) is 2.76. The fourth-order valence-electron chi connectivity index (χ4n) is 5.25. The lowest BCUT2D eigenvalue weighted by molar-refractivity contribution is -0.155. The molecule has 1 aliphatic heterocycles. The van der Waals surface area contributed by atoms with Crippen molar-refractivity contribution in [3.63, 3.8) is 0 Å². The summed E-state index contributed by atoms with van der Waals surface area (Å²) in [5.41, 5.74) is 4.87. The van der Waals surface area contributed by atoms with Crippen molar-refractivity contribution in [1.29, 1.82) is 5.26 Å². The van der Waals surface area contributed by atoms with Crippen LogP contribution >= 0.6 is 11.6 Å². The third-order valence-electron chi connectivity index (χ3n) is 7.91. The van der Waals surface area contributed by atoms with Crippen LogP contribution < -0.4 is 22.3 Å². The van der Waals surface area contributed by atoms with E-state index in [2.05, 4.69) is 19.2 Å². The van der Waals surface area contributed by atoms with Gasteiger partial charge in [-0.05, 0) is 67.0 Å². The van der Waals surface area contributed by atoms with E-state index in [1.807, 2.05) is 6.07 Å². The number of benzene rings is 2. The number of nitrogens with two attached hydrogens (primary N) is 1. The Balaban J connectivity index is 1.45. The van der Waals surface area contributed by atoms with Crippen LogP contribution in [0.4, 0.5) is 10.5 Å². The van der Waals surface area contributed by atoms with Crippen LogP contribution in [-0.4, -0.2) is 45.7 Å². The molecule has 2 aromatic carbocycles. The number of fused-ring (bicyclic) bond motifs is 1. The van der Waals surface area contributed by atoms with Crippen LogP contribution in [-0.2, 0) is 28.2 Å². The average Bonchev–Trinajstić information content (AvgIpc) is 3.79. The van der Waals surface area contributed by atoms with Gasteiger partial charge in [0.25, 0.3) is 11.5 Å². The number of carbonyl (C=O) groups is 2. The van der Waals surface area contributed by atoms with E-state index in [0.29, 0.717) is 47.1 Å². The number of aromatic nitrogens is 2. The highest BCUT2D eigenvalue weighted by Gasteiger charge is 2.45. The summed E-state index contributed by atoms with van der Waals surface area (Å²) >= 11 is 6.21. The topological polar surface area (TPSA) is 152 Å². The summed E-state index contributed by atoms with van der Waals surface area (Å²) in [6, 6.07) is 10.8. The number of urea groups is 1. The minimum atomic E-state index is -1.67. The SMILES string of the molecule is CC(C)CCn1c(=O)n(CC2CC2)c(=O)c2cc(NC(=O)N3CCOC(C(N)=O)(c4ccc(C#N)c(Cl)c4)C3)ccc21. The number of halogens is 1. The van der Waals surface area contributed by atoms with E-state index in [0.717, 1.165) is 19.3 Å². The predicted molar refractivity (Wildman–Crippen MR) is 158 cm³/mol. The van der Waals surface area contributed by atoms with Gasteiger partial charge < -0.3 is 20.7 Å². The minimum absolute atomic E-state index is 0.0275. The maximum atomic E-state index is 13.5. The van der Waals surface area contributed by atoms with Gasteiger partial charge in [-0.1, -0.05) is 31.5 Å². The fourth-order valence-corrected chi connectivity index (χ4v) is 5.47. The maximum Gasteiger partial charge on any atom is 0.331 e. The van der Waals surface area contributed by atoms with Crippen molar-refractivity contribution in [2.24, 2.45) is 17.6 Å². The zero-order chi connectivity index (χ0) is 30.2. The van der Waals surface area contributed by atoms with Crippen molar-refractivity contribution in [2.45, 2.75) is 51.8 Å². The van der Waals surface area contributed by atoms with Gasteiger partial charge in [0.15, 0.2) is 5.60 Å². The molecule has 220 valence electrons. The number of morpholine rings is 1. The van der Waals surface area contributed by atoms with Gasteiger partial charge >= 0.3 is 11.7 Å². The molecule has 1 unspecified atom stereocenters. The van der Waals surface area contributed by atoms with Crippen molar-refractivity contribution < 1.29 is 14.3 Å². The second-order valence-corrected chi connectivity index (χ2v) is 11.8. The van der Waals surface area contributed by atoms with Gasteiger partial charge in [-0.2, -0.15) is 5.26 Å². The monoisotopic (exact) mass is 592 g/mol. The molecule has 1 atom stereocenters. The highest BCUT2D eigenvalue weighted by Crippen LogP contribution is 2.33. The summed E-state index contributed by atoms with van der Waals surface area (Å²) in [7, 11) is 0. The van der Waals surface area contributed by atoms with Crippen molar-refractivity contribution in [2.75, 3.05) is 25.0 Å². The van der Waals surface area contributed by atoms with Crippen LogP contribution in [0.25, 0.3) is 10.9 Å². The molecular formula is C30H33ClN6O5. The number of hydrogen-bond donors (Lipinski definition) is 2. The Kier molecular flexibility index (Phi) is 8.12. The first-order chi connectivity index (χ1) is 20.0. The predicted octanol–water partition coefficient (Wildman–Crippen LogP) is 3.39. The highest BCUT2D eigenvalue weighted by atomic mass is 35.5. The van der Waals surface area contributed by atoms with Crippen LogP contribution in [0.3, 0.4) is 0 Å². The molecule has 1 saturated carbocycles. The molecule has 1 saturated heterocycles. The highest BCUT2D eigenvalue weighted by molar-refractivity contribution is 6.31. The Morgan fingerprint density at radius 3 is 2.60 bits per heavy atom. The molecule has 5 rings (SSSR count). The Morgan fingerprint density at radius 1 is 1.19 bits per heavy atom. The van der Waals surface area contributed by atoms with Crippen LogP contribution in [0, 0.1) is 23.2 Å². The lowest BCUT2D eigenvalue weighted by Gasteiger charge is -2.40. The average molecular weight is 593 g/mol. The normalized spacial score (nSPS) is 18.7. The van der Waals surface area contributed by atoms with E-state index in [4.69, 9.17) is 22.1 Å². The van der Waals surface area contributed by atoms with Crippen LogP contribution in [0.2, 0.25) is 5.02 Å². The molecular weight excluding hydrogens is 560 g/mol. The Bertz CT molecular complexity index is 1720. The van der Waals surface area contributed by atoms with E-state index in [1.165, 1.54) is 27.7 Å². The standard InChI is InChI=1S/C30H33ClN6O5/c1-18(2)9-10-36-25-8-7-22(14-23(25)26(38)37(29(36)41)16-19-3-4-19)34-28(40)35-11-12-42-30(17-35,27(33)39)21-6-5-20(15-32)24(31)13-21/h5-8,13-14,18-19H,3-4,9-12,16-17H2,1-2H3,(H2,33,39)(H,34,40). The second-order valence-electron chi connectivity index (χ2n) is 11.4. The first-order valence-electron chi connectivity index (χ1n) is 14.0. The summed E-state index contributed by atoms with van der Waals surface area (Å²) < 4.78 is 8.81. The molecule has 11 nitrogen and oxygen atoms in total. The van der Waals surface area contributed by atoms with E-state index < -0.39 is 17.5 Å². The number of ether oxygens (including phenoxy) is 1. The number of anilines is 1. The molecule has 0 radical (unpaired) electrons. The van der Waals surface area contributed by atoms with E-state index >= 15 is 0 Å². The van der Waals surface area contributed by atoms with Crippen LogP contribution in [0.15, 0.2) is 46.0 Å². The molecule has 0 spiro atoms. The van der Waals surface area contributed by atoms with E-state index in [-0.39, 0.29) is 41.5 Å². The number of nitriles is 1. The van der Waals surface area contributed by atoms with E-state index in [9.17, 15) is 24.4 Å². The zero-order valence-corrected chi connectivity index (χ0v) is 24.3. The first kappa shape index (κ1) is 29.4. The molecule has 1 aromatic heterocycles. The summed E-state index contributed by atoms with van der Waals surface area (Å²) in [5, 5.41) is 12.5. The molecule has 2 heterocycles. The van der Waals surface area contributed by atoms with Gasteiger partial charge in [0.1, 0.15) is 6.07 Å². The number of nitrogens with zero attached hydrogens (tertiary/aromatic N) is 4. The molecule has 1 aliphatic carbocycles. The van der Waals surface area contributed by atoms with Gasteiger partial charge in [0.05, 0.1) is 34.6 Å². The maximum absolute atomic E-state index is 13.5. The van der Waals surface area contributed by atoms with Crippen molar-refractivity contribution in [1.82, 2.24) is 14.0 Å². The molecule has 3 amide bonds. The third kappa shape index (κ3) is 5.65. The Labute approximate surface area is 247 Å². The fraction of sp³-hybridized carbons (Fsp3) is 0.433. The van der Waals surface area contributed by atoms with Crippen molar-refractivity contribution in [3.8, 4) is 6.07 Å². The minimum Gasteiger partial charge on any atom is -0.367 e. The van der Waals surface area contributed by atoms with Crippen LogP contribution in [0.1, 0.15) is 44.2 Å². The van der Waals surface area contributed by atoms with Gasteiger partial charge in [0, 0.05) is 25.3 Å². The molecule has 3 aromatic rings. The Morgan fingerprint density at radius 2 is 1.95 bits per heavy atom. The smallest absolute Gasteiger partial charge is 0.331 e. The van der Waals surface area contributed by atoms with Crippen LogP contribution in [0.5, 0.6) is 0 Å². The zero-order valence-electron chi connectivity index (χ0n) is 23.6. The van der Waals surface area contributed by atoms with E-state index in [1.54, 1.807) is 22.8 Å². The number of primary amides is 1. The van der Waals surface area contributed by atoms with Crippen molar-refractivity contribution >= 4 is 40.1 Å². The van der Waals surface area contributed by atoms with Gasteiger partial charge in [-0.25, -0.2) is 9.59 Å². The summed E-state index contributed by atoms with van der Waals surface area (Å²) in [6.45, 7) is 5.04. The van der Waals surface area contributed by atoms with Gasteiger partial charge in [-0.15, -0.1) is 0 Å². The summed E-state index contributed by atoms with van der Waals surface area (Å²) in [5.74, 6) is -0.107. The van der Waals surface area contributed by atoms with Gasteiger partial charge in [-0.3, -0.25) is 18.7 Å². The van der Waals surface area contributed by atoms with Crippen molar-refractivity contribution in [3.05, 3.63) is 73.4 Å². The first-order valence-corrected chi connectivity index (χ1v) is 14.4. The molecule has 42 heavy (non-hydrogen) atoms. The lowest BCUT2D eigenvalue weighted by atomic mass is 9.90. The molecule has 12 heteroatoms. The number of amides is 3. The number of rotatable bonds is 8. The lowest BCUT2D eigenvalue weighted by Crippen LogP contribution is -2.58. The molecule has 2 aliphatic rings. The number of carbonyl (C=O) groups excluding carboxylic acids is 2.